The van der Waals surface area contributed by atoms with Gasteiger partial charge in [0.15, 0.2) is 0 Å². The van der Waals surface area contributed by atoms with Gasteiger partial charge in [-0.2, -0.15) is 0 Å². The molecule has 0 saturated carbocycles. The maximum absolute atomic E-state index is 12.8. The normalized spacial score (nSPS) is 14.5. The average molecular weight is 366 g/mol. The molecule has 0 atom stereocenters. The predicted octanol–water partition coefficient (Wildman–Crippen LogP) is 2.70. The van der Waals surface area contributed by atoms with Crippen LogP contribution in [0.1, 0.15) is 5.56 Å². The first kappa shape index (κ1) is 16.4. The van der Waals surface area contributed by atoms with Gasteiger partial charge in [-0.3, -0.25) is 15.1 Å². The first-order valence-electron chi connectivity index (χ1n) is 6.97. The number of rotatable bonds is 4. The fourth-order valence-corrected chi connectivity index (χ4v) is 4.03. The third-order valence-electron chi connectivity index (χ3n) is 3.52. The fraction of sp³-hybridized carbons (Fsp3) is 0.133. The number of nitro groups is 1. The van der Waals surface area contributed by atoms with Crippen molar-refractivity contribution in [2.75, 3.05) is 13.1 Å². The molecule has 1 aliphatic rings. The molecule has 0 radical (unpaired) electrons. The van der Waals surface area contributed by atoms with Crippen LogP contribution in [0.15, 0.2) is 58.4 Å². The molecule has 2 aromatic rings. The summed E-state index contributed by atoms with van der Waals surface area (Å²) in [5, 5.41) is 11.2. The van der Waals surface area contributed by atoms with E-state index >= 15 is 0 Å². The number of benzene rings is 2. The van der Waals surface area contributed by atoms with Gasteiger partial charge in [-0.15, -0.1) is 0 Å². The quantitative estimate of drug-likeness (QED) is 0.615. The van der Waals surface area contributed by atoms with E-state index in [2.05, 4.69) is 4.99 Å². The Hall–Kier alpha value is -2.45. The summed E-state index contributed by atoms with van der Waals surface area (Å²) in [5.41, 5.74) is 0.435. The highest BCUT2D eigenvalue weighted by molar-refractivity contribution is 7.89. The molecular formula is C15H12ClN3O4S. The van der Waals surface area contributed by atoms with Crippen molar-refractivity contribution in [1.82, 2.24) is 4.31 Å². The number of nitro benzene ring substituents is 1. The van der Waals surface area contributed by atoms with Gasteiger partial charge >= 0.3 is 0 Å². The number of aliphatic imine (C=N–C) groups is 1. The van der Waals surface area contributed by atoms with Gasteiger partial charge in [0, 0.05) is 22.7 Å². The monoisotopic (exact) mass is 365 g/mol. The highest BCUT2D eigenvalue weighted by atomic mass is 35.5. The first-order valence-corrected chi connectivity index (χ1v) is 8.79. The van der Waals surface area contributed by atoms with Crippen LogP contribution in [0.2, 0.25) is 5.02 Å². The van der Waals surface area contributed by atoms with Crippen molar-refractivity contribution < 1.29 is 13.3 Å². The highest BCUT2D eigenvalue weighted by Gasteiger charge is 2.31. The molecule has 1 heterocycles. The van der Waals surface area contributed by atoms with Gasteiger partial charge in [-0.1, -0.05) is 23.7 Å². The molecule has 0 spiro atoms. The fourth-order valence-electron chi connectivity index (χ4n) is 2.40. The summed E-state index contributed by atoms with van der Waals surface area (Å²) < 4.78 is 26.8. The Balaban J connectivity index is 1.97. The number of nitrogens with zero attached hydrogens (tertiary/aromatic N) is 3. The lowest BCUT2D eigenvalue weighted by molar-refractivity contribution is -0.384. The van der Waals surface area contributed by atoms with Crippen molar-refractivity contribution in [3.8, 4) is 0 Å². The van der Waals surface area contributed by atoms with E-state index in [0.717, 1.165) is 0 Å². The molecule has 1 aliphatic heterocycles. The third kappa shape index (κ3) is 2.98. The Morgan fingerprint density at radius 3 is 2.50 bits per heavy atom. The van der Waals surface area contributed by atoms with E-state index in [1.165, 1.54) is 28.6 Å². The molecule has 0 saturated heterocycles. The number of non-ortho nitro benzene ring substituents is 1. The van der Waals surface area contributed by atoms with Crippen molar-refractivity contribution in [2.24, 2.45) is 4.99 Å². The Labute approximate surface area is 143 Å². The van der Waals surface area contributed by atoms with Crippen molar-refractivity contribution >= 4 is 33.1 Å². The van der Waals surface area contributed by atoms with Gasteiger partial charge in [0.1, 0.15) is 5.84 Å². The van der Waals surface area contributed by atoms with Gasteiger partial charge in [0.25, 0.3) is 15.7 Å². The SMILES string of the molecule is O=[N+]([O-])c1ccc(S(=O)(=O)N2CCN=C2c2cccc(Cl)c2)cc1. The van der Waals surface area contributed by atoms with Crippen molar-refractivity contribution in [2.45, 2.75) is 4.90 Å². The number of hydrogen-bond donors (Lipinski definition) is 0. The smallest absolute Gasteiger partial charge is 0.265 e. The molecule has 0 unspecified atom stereocenters. The van der Waals surface area contributed by atoms with Crippen LogP contribution in [0.5, 0.6) is 0 Å². The van der Waals surface area contributed by atoms with Crippen LogP contribution in [-0.2, 0) is 10.0 Å². The van der Waals surface area contributed by atoms with Crippen LogP contribution in [-0.4, -0.2) is 36.6 Å². The lowest BCUT2D eigenvalue weighted by Crippen LogP contribution is -2.34. The van der Waals surface area contributed by atoms with E-state index in [9.17, 15) is 18.5 Å². The minimum atomic E-state index is -3.85. The molecule has 24 heavy (non-hydrogen) atoms. The first-order chi connectivity index (χ1) is 11.4. The van der Waals surface area contributed by atoms with Crippen LogP contribution in [0.25, 0.3) is 0 Å². The van der Waals surface area contributed by atoms with Crippen LogP contribution >= 0.6 is 11.6 Å². The molecule has 0 fully saturated rings. The predicted molar refractivity (Wildman–Crippen MR) is 89.8 cm³/mol. The Bertz CT molecular complexity index is 926. The number of amidine groups is 1. The Kier molecular flexibility index (Phi) is 4.25. The summed E-state index contributed by atoms with van der Waals surface area (Å²) in [5.74, 6) is 0.316. The zero-order valence-corrected chi connectivity index (χ0v) is 13.9. The molecule has 0 aliphatic carbocycles. The van der Waals surface area contributed by atoms with E-state index in [-0.39, 0.29) is 17.1 Å². The maximum atomic E-state index is 12.8. The van der Waals surface area contributed by atoms with Crippen LogP contribution in [0, 0.1) is 10.1 Å². The second-order valence-electron chi connectivity index (χ2n) is 5.04. The Morgan fingerprint density at radius 1 is 1.17 bits per heavy atom. The second kappa shape index (κ2) is 6.21. The minimum Gasteiger partial charge on any atom is -0.265 e. The van der Waals surface area contributed by atoms with E-state index in [1.807, 2.05) is 0 Å². The van der Waals surface area contributed by atoms with Gasteiger partial charge < -0.3 is 0 Å². The van der Waals surface area contributed by atoms with Gasteiger partial charge in [-0.05, 0) is 24.3 Å². The summed E-state index contributed by atoms with van der Waals surface area (Å²) in [6.07, 6.45) is 0. The molecular weight excluding hydrogens is 354 g/mol. The molecule has 9 heteroatoms. The van der Waals surface area contributed by atoms with E-state index < -0.39 is 14.9 Å². The average Bonchev–Trinajstić information content (AvgIpc) is 3.05. The summed E-state index contributed by atoms with van der Waals surface area (Å²) >= 11 is 5.96. The molecule has 2 aromatic carbocycles. The van der Waals surface area contributed by atoms with Crippen molar-refractivity contribution in [1.29, 1.82) is 0 Å². The molecule has 0 aromatic heterocycles. The maximum Gasteiger partial charge on any atom is 0.269 e. The van der Waals surface area contributed by atoms with E-state index in [1.54, 1.807) is 24.3 Å². The van der Waals surface area contributed by atoms with Crippen LogP contribution in [0.4, 0.5) is 5.69 Å². The van der Waals surface area contributed by atoms with Crippen molar-refractivity contribution in [3.63, 3.8) is 0 Å². The standard InChI is InChI=1S/C15H12ClN3O4S/c16-12-3-1-2-11(10-12)15-17-8-9-18(15)24(22,23)14-6-4-13(5-7-14)19(20)21/h1-7,10H,8-9H2. The molecule has 0 N–H and O–H groups in total. The van der Waals surface area contributed by atoms with Crippen LogP contribution in [0.3, 0.4) is 0 Å². The third-order valence-corrected chi connectivity index (χ3v) is 5.56. The molecule has 124 valence electrons. The summed E-state index contributed by atoms with van der Waals surface area (Å²) in [6.45, 7) is 0.551. The van der Waals surface area contributed by atoms with Gasteiger partial charge in [0.05, 0.1) is 22.9 Å². The lowest BCUT2D eigenvalue weighted by atomic mass is 10.2. The molecule has 3 rings (SSSR count). The largest absolute Gasteiger partial charge is 0.269 e. The van der Waals surface area contributed by atoms with Crippen LogP contribution < -0.4 is 0 Å². The molecule has 0 bridgehead atoms. The van der Waals surface area contributed by atoms with E-state index in [4.69, 9.17) is 11.6 Å². The zero-order valence-electron chi connectivity index (χ0n) is 12.3. The topological polar surface area (TPSA) is 92.9 Å². The summed E-state index contributed by atoms with van der Waals surface area (Å²) in [7, 11) is -3.85. The Morgan fingerprint density at radius 2 is 1.88 bits per heavy atom. The summed E-state index contributed by atoms with van der Waals surface area (Å²) in [6, 6.07) is 11.6. The molecule has 0 amide bonds. The molecule has 7 nitrogen and oxygen atoms in total. The van der Waals surface area contributed by atoms with Crippen molar-refractivity contribution in [3.05, 3.63) is 69.2 Å². The second-order valence-corrected chi connectivity index (χ2v) is 7.34. The van der Waals surface area contributed by atoms with E-state index in [0.29, 0.717) is 23.0 Å². The summed E-state index contributed by atoms with van der Waals surface area (Å²) in [4.78, 5) is 14.4. The number of sulfonamides is 1. The minimum absolute atomic E-state index is 0.0234. The zero-order chi connectivity index (χ0) is 17.3. The van der Waals surface area contributed by atoms with Gasteiger partial charge in [-0.25, -0.2) is 12.7 Å². The number of halogens is 1. The van der Waals surface area contributed by atoms with Gasteiger partial charge in [0.2, 0.25) is 0 Å². The number of hydrogen-bond acceptors (Lipinski definition) is 5. The lowest BCUT2D eigenvalue weighted by Gasteiger charge is -2.20. The highest BCUT2D eigenvalue weighted by Crippen LogP contribution is 2.24.